The average Bonchev–Trinajstić information content (AvgIpc) is 3.38. The number of hydrogen-bond donors (Lipinski definition) is 1. The first-order valence-electron chi connectivity index (χ1n) is 17.5. The van der Waals surface area contributed by atoms with Crippen molar-refractivity contribution in [2.75, 3.05) is 45.9 Å². The summed E-state index contributed by atoms with van der Waals surface area (Å²) in [7, 11) is 0. The Labute approximate surface area is 286 Å². The quantitative estimate of drug-likeness (QED) is 0.410. The maximum atomic E-state index is 14.3. The van der Waals surface area contributed by atoms with Crippen molar-refractivity contribution in [3.05, 3.63) is 16.6 Å². The lowest BCUT2D eigenvalue weighted by molar-refractivity contribution is -0.153. The van der Waals surface area contributed by atoms with Gasteiger partial charge >= 0.3 is 0 Å². The van der Waals surface area contributed by atoms with Gasteiger partial charge in [0.15, 0.2) is 0 Å². The molecule has 0 unspecified atom stereocenters. The van der Waals surface area contributed by atoms with E-state index >= 15 is 0 Å². The Hall–Kier alpha value is -2.67. The van der Waals surface area contributed by atoms with Gasteiger partial charge in [0.25, 0.3) is 5.91 Å². The van der Waals surface area contributed by atoms with Crippen LogP contribution in [-0.2, 0) is 19.1 Å². The van der Waals surface area contributed by atoms with E-state index in [0.717, 1.165) is 19.3 Å². The maximum Gasteiger partial charge on any atom is 0.265 e. The summed E-state index contributed by atoms with van der Waals surface area (Å²) in [6.07, 6.45) is 3.73. The molecule has 1 spiro atoms. The summed E-state index contributed by atoms with van der Waals surface area (Å²) in [5.41, 5.74) is 1.07. The van der Waals surface area contributed by atoms with Gasteiger partial charge in [0.2, 0.25) is 23.6 Å². The lowest BCUT2D eigenvalue weighted by atomic mass is 9.70. The zero-order chi connectivity index (χ0) is 34.6. The molecule has 1 N–H and O–H groups in total. The van der Waals surface area contributed by atoms with Gasteiger partial charge in [0.1, 0.15) is 10.9 Å². The van der Waals surface area contributed by atoms with Gasteiger partial charge in [-0.3, -0.25) is 24.2 Å². The highest BCUT2D eigenvalue weighted by atomic mass is 32.1. The fourth-order valence-electron chi connectivity index (χ4n) is 8.07. The maximum absolute atomic E-state index is 14.3. The highest BCUT2D eigenvalue weighted by Crippen LogP contribution is 2.54. The lowest BCUT2D eigenvalue weighted by Gasteiger charge is -2.50. The third-order valence-corrected chi connectivity index (χ3v) is 12.7. The van der Waals surface area contributed by atoms with Crippen LogP contribution in [0.25, 0.3) is 0 Å². The molecule has 1 aromatic heterocycles. The number of rotatable bonds is 9. The van der Waals surface area contributed by atoms with Crippen LogP contribution < -0.4 is 5.32 Å². The van der Waals surface area contributed by atoms with E-state index in [1.807, 2.05) is 4.90 Å². The highest BCUT2D eigenvalue weighted by Gasteiger charge is 2.62. The zero-order valence-corrected chi connectivity index (χ0v) is 29.8. The van der Waals surface area contributed by atoms with Crippen LogP contribution in [0.2, 0.25) is 0 Å². The smallest absolute Gasteiger partial charge is 0.265 e. The molecule has 2 aliphatic carbocycles. The van der Waals surface area contributed by atoms with Crippen LogP contribution in [0.4, 0.5) is 8.78 Å². The number of halogens is 2. The first-order chi connectivity index (χ1) is 22.5. The number of nitrogens with zero attached hydrogens (tertiary/aromatic N) is 4. The molecular weight excluding hydrogens is 640 g/mol. The molecule has 1 aromatic rings. The number of carbonyl (C=O) groups is 4. The van der Waals surface area contributed by atoms with Gasteiger partial charge < -0.3 is 24.8 Å². The Morgan fingerprint density at radius 3 is 2.19 bits per heavy atom. The van der Waals surface area contributed by atoms with Crippen molar-refractivity contribution >= 4 is 35.0 Å². The molecule has 48 heavy (non-hydrogen) atoms. The molecule has 6 rings (SSSR count). The summed E-state index contributed by atoms with van der Waals surface area (Å²) < 4.78 is 33.7. The highest BCUT2D eigenvalue weighted by molar-refractivity contribution is 7.11. The number of piperidine rings is 1. The Morgan fingerprint density at radius 2 is 1.60 bits per heavy atom. The van der Waals surface area contributed by atoms with Gasteiger partial charge in [-0.05, 0) is 55.8 Å². The van der Waals surface area contributed by atoms with Crippen LogP contribution in [0.3, 0.4) is 0 Å². The fourth-order valence-corrected chi connectivity index (χ4v) is 8.66. The van der Waals surface area contributed by atoms with Crippen molar-refractivity contribution < 1.29 is 32.7 Å². The van der Waals surface area contributed by atoms with Gasteiger partial charge in [0, 0.05) is 70.0 Å². The first-order valence-corrected chi connectivity index (χ1v) is 18.4. The monoisotopic (exact) mass is 691 g/mol. The fraction of sp³-hybridized carbons (Fsp3) is 0.800. The molecule has 0 aromatic carbocycles. The van der Waals surface area contributed by atoms with Crippen molar-refractivity contribution in [1.82, 2.24) is 25.0 Å². The normalized spacial score (nSPS) is 28.4. The van der Waals surface area contributed by atoms with Gasteiger partial charge in [-0.2, -0.15) is 0 Å². The Kier molecular flexibility index (Phi) is 9.45. The molecule has 13 heteroatoms. The number of alkyl halides is 2. The van der Waals surface area contributed by atoms with Gasteiger partial charge in [0.05, 0.1) is 23.7 Å². The SMILES string of the molecule is C[C@@H](OCC1CCC(F)(F)CC1)[C@H](NC(=O)[C@@H]1CN(C(=O)c2cncs2)CC12CN(C(=O)[C@H]1CC1(C)C)C2)C(=O)N1CCC(C)(C)CC1. The molecule has 4 amide bonds. The van der Waals surface area contributed by atoms with Crippen molar-refractivity contribution in [3.8, 4) is 0 Å². The van der Waals surface area contributed by atoms with E-state index in [9.17, 15) is 28.0 Å². The van der Waals surface area contributed by atoms with E-state index in [-0.39, 0.29) is 72.3 Å². The molecule has 5 aliphatic rings. The topological polar surface area (TPSA) is 112 Å². The predicted molar refractivity (Wildman–Crippen MR) is 176 cm³/mol. The van der Waals surface area contributed by atoms with E-state index in [2.05, 4.69) is 38.0 Å². The Balaban J connectivity index is 1.18. The Morgan fingerprint density at radius 1 is 0.979 bits per heavy atom. The number of ether oxygens (including phenoxy) is 1. The minimum atomic E-state index is -2.64. The van der Waals surface area contributed by atoms with Crippen LogP contribution in [-0.4, -0.2) is 107 Å². The van der Waals surface area contributed by atoms with Crippen LogP contribution in [0, 0.1) is 34.0 Å². The lowest BCUT2D eigenvalue weighted by Crippen LogP contribution is -2.65. The molecule has 4 atom stereocenters. The zero-order valence-electron chi connectivity index (χ0n) is 28.9. The molecule has 3 aliphatic heterocycles. The van der Waals surface area contributed by atoms with Crippen LogP contribution in [0.5, 0.6) is 0 Å². The van der Waals surface area contributed by atoms with Crippen molar-refractivity contribution in [3.63, 3.8) is 0 Å². The molecule has 3 saturated heterocycles. The standard InChI is InChI=1S/C35H51F2N5O5S/c1-22(47-17-23-6-8-35(36,37)9-7-23)27(31(46)40-12-10-32(2,3)11-13-40)39-28(43)25-16-41(30(45)26-15-38-21-48-26)18-34(25)19-42(20-34)29(44)24-14-33(24,4)5/h15,21-25,27H,6-14,16-20H2,1-5H3,(H,39,43)/t22-,24-,25+,27+/m1/s1. The largest absolute Gasteiger partial charge is 0.376 e. The number of aromatic nitrogens is 1. The van der Waals surface area contributed by atoms with Crippen molar-refractivity contribution in [1.29, 1.82) is 0 Å². The number of nitrogens with one attached hydrogen (secondary N) is 1. The molecule has 266 valence electrons. The van der Waals surface area contributed by atoms with E-state index in [1.165, 1.54) is 17.5 Å². The van der Waals surface area contributed by atoms with Gasteiger partial charge in [-0.1, -0.05) is 27.7 Å². The number of likely N-dealkylation sites (tertiary alicyclic amines) is 3. The number of carbonyl (C=O) groups excluding carboxylic acids is 4. The third-order valence-electron chi connectivity index (χ3n) is 11.9. The second-order valence-corrected chi connectivity index (χ2v) is 17.6. The van der Waals surface area contributed by atoms with Crippen molar-refractivity contribution in [2.45, 2.75) is 97.6 Å². The van der Waals surface area contributed by atoms with E-state index in [4.69, 9.17) is 4.74 Å². The number of hydrogen-bond acceptors (Lipinski definition) is 7. The van der Waals surface area contributed by atoms with E-state index in [1.54, 1.807) is 22.2 Å². The van der Waals surface area contributed by atoms with E-state index in [0.29, 0.717) is 50.4 Å². The molecular formula is C35H51F2N5O5S. The van der Waals surface area contributed by atoms with Gasteiger partial charge in [-0.25, -0.2) is 8.78 Å². The third kappa shape index (κ3) is 7.27. The minimum Gasteiger partial charge on any atom is -0.376 e. The summed E-state index contributed by atoms with van der Waals surface area (Å²) in [5.74, 6) is -3.98. The summed E-state index contributed by atoms with van der Waals surface area (Å²) in [5, 5.41) is 3.06. The summed E-state index contributed by atoms with van der Waals surface area (Å²) >= 11 is 1.25. The molecule has 2 saturated carbocycles. The first kappa shape index (κ1) is 35.2. The average molecular weight is 692 g/mol. The van der Waals surface area contributed by atoms with Gasteiger partial charge in [-0.15, -0.1) is 11.3 Å². The molecule has 0 radical (unpaired) electrons. The summed E-state index contributed by atoms with van der Waals surface area (Å²) in [6, 6.07) is -0.975. The number of amides is 4. The summed E-state index contributed by atoms with van der Waals surface area (Å²) in [4.78, 5) is 65.0. The second-order valence-electron chi connectivity index (χ2n) is 16.7. The van der Waals surface area contributed by atoms with Crippen LogP contribution >= 0.6 is 11.3 Å². The van der Waals surface area contributed by atoms with Crippen LogP contribution in [0.15, 0.2) is 11.7 Å². The summed E-state index contributed by atoms with van der Waals surface area (Å²) in [6.45, 7) is 12.9. The van der Waals surface area contributed by atoms with E-state index < -0.39 is 29.4 Å². The Bertz CT molecular complexity index is 1380. The predicted octanol–water partition coefficient (Wildman–Crippen LogP) is 4.45. The molecule has 0 bridgehead atoms. The minimum absolute atomic E-state index is 0.0215. The van der Waals surface area contributed by atoms with Crippen LogP contribution in [0.1, 0.15) is 89.2 Å². The molecule has 5 fully saturated rings. The second kappa shape index (κ2) is 12.9. The molecule has 4 heterocycles. The number of thiazole rings is 1. The van der Waals surface area contributed by atoms with Crippen molar-refractivity contribution in [2.24, 2.45) is 34.0 Å². The molecule has 10 nitrogen and oxygen atoms in total.